The Morgan fingerprint density at radius 1 is 0.966 bits per heavy atom. The van der Waals surface area contributed by atoms with Crippen molar-refractivity contribution in [1.29, 1.82) is 0 Å². The number of benzene rings is 2. The number of guanidine groups is 1. The van der Waals surface area contributed by atoms with E-state index < -0.39 is 0 Å². The number of oxazole rings is 1. The van der Waals surface area contributed by atoms with E-state index in [0.29, 0.717) is 31.5 Å². The molecule has 2 aromatic carbocycles. The standard InChI is InChI=1S/C22H26N4O2.HI/c1-16-17(2)28-21(26-16)14-25-22(23-3)24-13-18-9-11-20(12-10-18)27-15-19-7-5-4-6-8-19;/h4-12H,13-15H2,1-3H3,(H2,23,24,25);1H. The van der Waals surface area contributed by atoms with Crippen molar-refractivity contribution in [2.75, 3.05) is 7.05 Å². The Morgan fingerprint density at radius 3 is 2.28 bits per heavy atom. The lowest BCUT2D eigenvalue weighted by Crippen LogP contribution is -2.36. The van der Waals surface area contributed by atoms with E-state index in [9.17, 15) is 0 Å². The lowest BCUT2D eigenvalue weighted by atomic mass is 10.2. The van der Waals surface area contributed by atoms with Crippen LogP contribution in [0.3, 0.4) is 0 Å². The van der Waals surface area contributed by atoms with Crippen LogP contribution in [-0.2, 0) is 19.7 Å². The van der Waals surface area contributed by atoms with E-state index in [-0.39, 0.29) is 24.0 Å². The number of halogens is 1. The van der Waals surface area contributed by atoms with Crippen LogP contribution in [0.5, 0.6) is 5.75 Å². The van der Waals surface area contributed by atoms with Crippen LogP contribution in [0.4, 0.5) is 0 Å². The molecule has 0 saturated heterocycles. The summed E-state index contributed by atoms with van der Waals surface area (Å²) in [6.45, 7) is 5.55. The highest BCUT2D eigenvalue weighted by Gasteiger charge is 2.06. The Labute approximate surface area is 188 Å². The van der Waals surface area contributed by atoms with Crippen LogP contribution in [0.15, 0.2) is 64.0 Å². The zero-order valence-electron chi connectivity index (χ0n) is 16.9. The predicted molar refractivity (Wildman–Crippen MR) is 126 cm³/mol. The summed E-state index contributed by atoms with van der Waals surface area (Å²) in [6, 6.07) is 18.2. The molecule has 0 bridgehead atoms. The maximum atomic E-state index is 5.82. The van der Waals surface area contributed by atoms with Gasteiger partial charge in [-0.05, 0) is 37.1 Å². The minimum absolute atomic E-state index is 0. The van der Waals surface area contributed by atoms with Crippen molar-refractivity contribution in [2.45, 2.75) is 33.5 Å². The third kappa shape index (κ3) is 7.08. The van der Waals surface area contributed by atoms with Crippen molar-refractivity contribution in [1.82, 2.24) is 15.6 Å². The summed E-state index contributed by atoms with van der Waals surface area (Å²) >= 11 is 0. The highest BCUT2D eigenvalue weighted by Crippen LogP contribution is 2.14. The first-order valence-corrected chi connectivity index (χ1v) is 9.27. The molecule has 2 N–H and O–H groups in total. The quantitative estimate of drug-likeness (QED) is 0.283. The molecular weight excluding hydrogens is 479 g/mol. The first kappa shape index (κ1) is 22.7. The van der Waals surface area contributed by atoms with Crippen molar-refractivity contribution in [3.8, 4) is 5.75 Å². The monoisotopic (exact) mass is 506 g/mol. The van der Waals surface area contributed by atoms with E-state index in [1.165, 1.54) is 0 Å². The zero-order chi connectivity index (χ0) is 19.8. The smallest absolute Gasteiger partial charge is 0.214 e. The molecule has 0 aliphatic rings. The molecule has 154 valence electrons. The molecule has 0 fully saturated rings. The minimum Gasteiger partial charge on any atom is -0.489 e. The average molecular weight is 506 g/mol. The fourth-order valence-corrected chi connectivity index (χ4v) is 2.62. The van der Waals surface area contributed by atoms with E-state index in [1.807, 2.05) is 56.3 Å². The molecule has 0 amide bonds. The van der Waals surface area contributed by atoms with Gasteiger partial charge in [0.25, 0.3) is 0 Å². The number of aliphatic imine (C=N–C) groups is 1. The zero-order valence-corrected chi connectivity index (χ0v) is 19.3. The number of aryl methyl sites for hydroxylation is 2. The fraction of sp³-hybridized carbons (Fsp3) is 0.273. The van der Waals surface area contributed by atoms with Crippen LogP contribution >= 0.6 is 24.0 Å². The van der Waals surface area contributed by atoms with Crippen LogP contribution < -0.4 is 15.4 Å². The van der Waals surface area contributed by atoms with Gasteiger partial charge in [0.05, 0.1) is 12.2 Å². The van der Waals surface area contributed by atoms with Crippen LogP contribution in [0.1, 0.15) is 28.5 Å². The predicted octanol–water partition coefficient (Wildman–Crippen LogP) is 4.35. The van der Waals surface area contributed by atoms with Crippen LogP contribution in [-0.4, -0.2) is 18.0 Å². The first-order valence-electron chi connectivity index (χ1n) is 9.27. The highest BCUT2D eigenvalue weighted by atomic mass is 127. The second kappa shape index (κ2) is 11.5. The summed E-state index contributed by atoms with van der Waals surface area (Å²) in [5, 5.41) is 6.49. The van der Waals surface area contributed by atoms with Gasteiger partial charge in [0, 0.05) is 13.6 Å². The van der Waals surface area contributed by atoms with E-state index in [1.54, 1.807) is 7.05 Å². The second-order valence-electron chi connectivity index (χ2n) is 6.45. The number of nitrogens with zero attached hydrogens (tertiary/aromatic N) is 2. The van der Waals surface area contributed by atoms with Crippen LogP contribution in [0.25, 0.3) is 0 Å². The molecule has 6 nitrogen and oxygen atoms in total. The molecule has 7 heteroatoms. The maximum Gasteiger partial charge on any atom is 0.214 e. The molecular formula is C22H27IN4O2. The second-order valence-corrected chi connectivity index (χ2v) is 6.45. The summed E-state index contributed by atoms with van der Waals surface area (Å²) in [5.74, 6) is 3.04. The van der Waals surface area contributed by atoms with E-state index in [2.05, 4.69) is 32.7 Å². The topological polar surface area (TPSA) is 71.7 Å². The van der Waals surface area contributed by atoms with Gasteiger partial charge >= 0.3 is 0 Å². The lowest BCUT2D eigenvalue weighted by Gasteiger charge is -2.11. The Morgan fingerprint density at radius 2 is 1.66 bits per heavy atom. The number of nitrogens with one attached hydrogen (secondary N) is 2. The van der Waals surface area contributed by atoms with Crippen molar-refractivity contribution in [3.63, 3.8) is 0 Å². The summed E-state index contributed by atoms with van der Waals surface area (Å²) in [6.07, 6.45) is 0. The van der Waals surface area contributed by atoms with Gasteiger partial charge in [-0.1, -0.05) is 42.5 Å². The molecule has 3 aromatic rings. The molecule has 29 heavy (non-hydrogen) atoms. The third-order valence-corrected chi connectivity index (χ3v) is 4.34. The van der Waals surface area contributed by atoms with Crippen molar-refractivity contribution in [3.05, 3.63) is 83.1 Å². The highest BCUT2D eigenvalue weighted by molar-refractivity contribution is 14.0. The Kier molecular flexibility index (Phi) is 8.98. The lowest BCUT2D eigenvalue weighted by molar-refractivity contribution is 0.306. The van der Waals surface area contributed by atoms with Gasteiger partial charge in [-0.3, -0.25) is 4.99 Å². The minimum atomic E-state index is 0. The molecule has 0 unspecified atom stereocenters. The van der Waals surface area contributed by atoms with E-state index in [0.717, 1.165) is 28.3 Å². The maximum absolute atomic E-state index is 5.82. The number of ether oxygens (including phenoxy) is 1. The Hall–Kier alpha value is -2.55. The van der Waals surface area contributed by atoms with Gasteiger partial charge in [-0.2, -0.15) is 0 Å². The van der Waals surface area contributed by atoms with Gasteiger partial charge in [0.15, 0.2) is 5.96 Å². The molecule has 0 aliphatic carbocycles. The molecule has 3 rings (SSSR count). The van der Waals surface area contributed by atoms with Gasteiger partial charge < -0.3 is 19.8 Å². The van der Waals surface area contributed by atoms with Gasteiger partial charge in [0.1, 0.15) is 18.1 Å². The fourth-order valence-electron chi connectivity index (χ4n) is 2.62. The average Bonchev–Trinajstić information content (AvgIpc) is 3.05. The van der Waals surface area contributed by atoms with E-state index in [4.69, 9.17) is 9.15 Å². The number of rotatable bonds is 7. The van der Waals surface area contributed by atoms with Gasteiger partial charge in [-0.25, -0.2) is 4.98 Å². The molecule has 1 heterocycles. The molecule has 1 aromatic heterocycles. The summed E-state index contributed by atoms with van der Waals surface area (Å²) in [7, 11) is 1.74. The molecule has 0 spiro atoms. The molecule has 0 aliphatic heterocycles. The molecule has 0 saturated carbocycles. The van der Waals surface area contributed by atoms with Gasteiger partial charge in [0.2, 0.25) is 5.89 Å². The molecule has 0 atom stereocenters. The molecule has 0 radical (unpaired) electrons. The number of aromatic nitrogens is 1. The first-order chi connectivity index (χ1) is 13.6. The summed E-state index contributed by atoms with van der Waals surface area (Å²) in [5.41, 5.74) is 3.20. The van der Waals surface area contributed by atoms with Crippen LogP contribution in [0, 0.1) is 13.8 Å². The normalized spacial score (nSPS) is 10.9. The van der Waals surface area contributed by atoms with Crippen molar-refractivity contribution >= 4 is 29.9 Å². The van der Waals surface area contributed by atoms with Crippen molar-refractivity contribution in [2.24, 2.45) is 4.99 Å². The summed E-state index contributed by atoms with van der Waals surface area (Å²) < 4.78 is 11.4. The number of hydrogen-bond acceptors (Lipinski definition) is 4. The largest absolute Gasteiger partial charge is 0.489 e. The summed E-state index contributed by atoms with van der Waals surface area (Å²) in [4.78, 5) is 8.59. The SMILES string of the molecule is CN=C(NCc1ccc(OCc2ccccc2)cc1)NCc1nc(C)c(C)o1.I. The van der Waals surface area contributed by atoms with Crippen LogP contribution in [0.2, 0.25) is 0 Å². The Bertz CT molecular complexity index is 889. The van der Waals surface area contributed by atoms with Crippen molar-refractivity contribution < 1.29 is 9.15 Å². The third-order valence-electron chi connectivity index (χ3n) is 4.34. The number of hydrogen-bond donors (Lipinski definition) is 2. The van der Waals surface area contributed by atoms with Gasteiger partial charge in [-0.15, -0.1) is 24.0 Å². The Balaban J connectivity index is 0.00000300. The van der Waals surface area contributed by atoms with E-state index >= 15 is 0 Å².